The van der Waals surface area contributed by atoms with Gasteiger partial charge in [0.05, 0.1) is 18.4 Å². The normalized spacial score (nSPS) is 16.6. The minimum absolute atomic E-state index is 0.0141. The number of rotatable bonds is 5. The molecule has 0 saturated heterocycles. The molecule has 0 bridgehead atoms. The van der Waals surface area contributed by atoms with Crippen molar-refractivity contribution in [2.75, 3.05) is 0 Å². The van der Waals surface area contributed by atoms with Crippen LogP contribution in [-0.2, 0) is 11.3 Å². The second kappa shape index (κ2) is 7.55. The van der Waals surface area contributed by atoms with Crippen molar-refractivity contribution in [3.05, 3.63) is 91.9 Å². The lowest BCUT2D eigenvalue weighted by molar-refractivity contribution is -0.130. The topological polar surface area (TPSA) is 83.9 Å². The van der Waals surface area contributed by atoms with Gasteiger partial charge in [-0.3, -0.25) is 9.59 Å². The zero-order valence-corrected chi connectivity index (χ0v) is 18.7. The van der Waals surface area contributed by atoms with Gasteiger partial charge in [-0.05, 0) is 60.3 Å². The summed E-state index contributed by atoms with van der Waals surface area (Å²) in [5.74, 6) is -1.06. The van der Waals surface area contributed by atoms with Crippen molar-refractivity contribution in [1.82, 2.24) is 4.90 Å². The maximum absolute atomic E-state index is 13.5. The van der Waals surface area contributed by atoms with Gasteiger partial charge in [-0.2, -0.15) is 0 Å². The lowest BCUT2D eigenvalue weighted by Gasteiger charge is -2.25. The summed E-state index contributed by atoms with van der Waals surface area (Å²) in [6.07, 6.45) is 1.52. The zero-order valence-electron chi connectivity index (χ0n) is 16.3. The number of halogens is 1. The first-order chi connectivity index (χ1) is 14.9. The minimum Gasteiger partial charge on any atom is -0.503 e. The van der Waals surface area contributed by atoms with Crippen LogP contribution in [0.25, 0.3) is 11.0 Å². The van der Waals surface area contributed by atoms with Crippen LogP contribution in [0.15, 0.2) is 78.7 Å². The molecule has 0 spiro atoms. The van der Waals surface area contributed by atoms with Crippen LogP contribution < -0.4 is 0 Å². The number of nitrogens with zero attached hydrogens (tertiary/aromatic N) is 1. The van der Waals surface area contributed by atoms with Crippen molar-refractivity contribution in [2.24, 2.45) is 0 Å². The molecule has 1 aliphatic rings. The Bertz CT molecular complexity index is 1350. The van der Waals surface area contributed by atoms with E-state index in [0.717, 1.165) is 20.3 Å². The summed E-state index contributed by atoms with van der Waals surface area (Å²) in [5.41, 5.74) is 1.49. The van der Waals surface area contributed by atoms with Crippen molar-refractivity contribution in [1.29, 1.82) is 0 Å². The van der Waals surface area contributed by atoms with E-state index >= 15 is 0 Å². The number of amides is 1. The number of Topliss-reactive ketones (excluding diaryl/α,β-unsaturated/α-hetero) is 1. The third-order valence-corrected chi connectivity index (χ3v) is 6.87. The van der Waals surface area contributed by atoms with Gasteiger partial charge in [0, 0.05) is 14.7 Å². The highest BCUT2D eigenvalue weighted by Crippen LogP contribution is 2.43. The quantitative estimate of drug-likeness (QED) is 0.345. The molecule has 5 rings (SSSR count). The molecule has 4 heterocycles. The highest BCUT2D eigenvalue weighted by molar-refractivity contribution is 9.10. The van der Waals surface area contributed by atoms with Gasteiger partial charge in [0.1, 0.15) is 17.4 Å². The van der Waals surface area contributed by atoms with E-state index in [-0.39, 0.29) is 17.9 Å². The number of fused-ring (bicyclic) bond motifs is 1. The Morgan fingerprint density at radius 2 is 2.10 bits per heavy atom. The Morgan fingerprint density at radius 3 is 2.81 bits per heavy atom. The molecule has 31 heavy (non-hydrogen) atoms. The van der Waals surface area contributed by atoms with E-state index in [2.05, 4.69) is 15.9 Å². The van der Waals surface area contributed by atoms with Crippen LogP contribution in [0.4, 0.5) is 0 Å². The van der Waals surface area contributed by atoms with Crippen LogP contribution in [0.2, 0.25) is 0 Å². The second-order valence-electron chi connectivity index (χ2n) is 7.27. The number of hydrogen-bond donors (Lipinski definition) is 1. The maximum Gasteiger partial charge on any atom is 0.290 e. The van der Waals surface area contributed by atoms with E-state index in [0.29, 0.717) is 11.3 Å². The summed E-state index contributed by atoms with van der Waals surface area (Å²) < 4.78 is 12.0. The molecule has 8 heteroatoms. The summed E-state index contributed by atoms with van der Waals surface area (Å²) in [6.45, 7) is 2.04. The number of furan rings is 2. The molecule has 6 nitrogen and oxygen atoms in total. The molecule has 1 amide bonds. The van der Waals surface area contributed by atoms with E-state index < -0.39 is 23.5 Å². The number of aliphatic hydroxyl groups is 1. The standard InChI is InChI=1S/C23H16BrNO5S/c1-12-6-8-31-22(12)19-18(21(27)23(28)25(19)11-15-3-2-7-29-15)20(26)17-10-13-9-14(24)4-5-16(13)30-17/h2-10,19,27H,11H2,1H3. The predicted octanol–water partition coefficient (Wildman–Crippen LogP) is 5.94. The third kappa shape index (κ3) is 3.32. The predicted molar refractivity (Wildman–Crippen MR) is 119 cm³/mol. The largest absolute Gasteiger partial charge is 0.503 e. The molecular weight excluding hydrogens is 482 g/mol. The molecule has 0 fully saturated rings. The summed E-state index contributed by atoms with van der Waals surface area (Å²) >= 11 is 4.84. The molecule has 0 saturated carbocycles. The lowest BCUT2D eigenvalue weighted by Crippen LogP contribution is -2.30. The van der Waals surface area contributed by atoms with Gasteiger partial charge in [0.25, 0.3) is 5.91 Å². The smallest absolute Gasteiger partial charge is 0.290 e. The molecule has 1 aliphatic heterocycles. The van der Waals surface area contributed by atoms with Gasteiger partial charge < -0.3 is 18.8 Å². The SMILES string of the molecule is Cc1ccsc1C1C(C(=O)c2cc3cc(Br)ccc3o2)=C(O)C(=O)N1Cc1ccco1. The van der Waals surface area contributed by atoms with Gasteiger partial charge >= 0.3 is 0 Å². The van der Waals surface area contributed by atoms with Gasteiger partial charge in [0.15, 0.2) is 11.5 Å². The van der Waals surface area contributed by atoms with Gasteiger partial charge in [-0.1, -0.05) is 15.9 Å². The lowest BCUT2D eigenvalue weighted by atomic mass is 9.98. The third-order valence-electron chi connectivity index (χ3n) is 5.31. The van der Waals surface area contributed by atoms with E-state index in [1.165, 1.54) is 22.5 Å². The van der Waals surface area contributed by atoms with Crippen molar-refractivity contribution < 1.29 is 23.5 Å². The first-order valence-corrected chi connectivity index (χ1v) is 11.2. The maximum atomic E-state index is 13.5. The van der Waals surface area contributed by atoms with Crippen molar-refractivity contribution in [3.63, 3.8) is 0 Å². The molecule has 156 valence electrons. The number of carbonyl (C=O) groups excluding carboxylic acids is 2. The van der Waals surface area contributed by atoms with Crippen molar-refractivity contribution in [3.8, 4) is 0 Å². The summed E-state index contributed by atoms with van der Waals surface area (Å²) in [5, 5.41) is 13.4. The fourth-order valence-electron chi connectivity index (χ4n) is 3.82. The molecular formula is C23H16BrNO5S. The Kier molecular flexibility index (Phi) is 4.83. The number of thiophene rings is 1. The van der Waals surface area contributed by atoms with E-state index in [9.17, 15) is 14.7 Å². The molecule has 4 aromatic rings. The monoisotopic (exact) mass is 497 g/mol. The summed E-state index contributed by atoms with van der Waals surface area (Å²) in [4.78, 5) is 28.8. The first kappa shape index (κ1) is 19.8. The van der Waals surface area contributed by atoms with E-state index in [1.807, 2.05) is 30.5 Å². The number of aliphatic hydroxyl groups excluding tert-OH is 1. The van der Waals surface area contributed by atoms with Gasteiger partial charge in [-0.15, -0.1) is 11.3 Å². The minimum atomic E-state index is -0.731. The second-order valence-corrected chi connectivity index (χ2v) is 9.13. The number of ketones is 1. The van der Waals surface area contributed by atoms with Crippen LogP contribution in [0, 0.1) is 6.92 Å². The highest BCUT2D eigenvalue weighted by atomic mass is 79.9. The Hall–Kier alpha value is -3.10. The van der Waals surface area contributed by atoms with Crippen LogP contribution in [0.5, 0.6) is 0 Å². The molecule has 1 unspecified atom stereocenters. The summed E-state index contributed by atoms with van der Waals surface area (Å²) in [7, 11) is 0. The molecule has 1 atom stereocenters. The van der Waals surface area contributed by atoms with Crippen LogP contribution in [0.1, 0.15) is 32.8 Å². The molecule has 0 aliphatic carbocycles. The van der Waals surface area contributed by atoms with E-state index in [1.54, 1.807) is 24.3 Å². The average molecular weight is 498 g/mol. The molecule has 1 N–H and O–H groups in total. The van der Waals surface area contributed by atoms with Crippen molar-refractivity contribution in [2.45, 2.75) is 19.5 Å². The molecule has 0 radical (unpaired) electrons. The number of carbonyl (C=O) groups is 2. The molecule has 3 aromatic heterocycles. The van der Waals surface area contributed by atoms with E-state index in [4.69, 9.17) is 8.83 Å². The van der Waals surface area contributed by atoms with Gasteiger partial charge in [-0.25, -0.2) is 0 Å². The number of aryl methyl sites for hydroxylation is 1. The van der Waals surface area contributed by atoms with Crippen LogP contribution >= 0.6 is 27.3 Å². The fourth-order valence-corrected chi connectivity index (χ4v) is 5.24. The molecule has 1 aromatic carbocycles. The highest BCUT2D eigenvalue weighted by Gasteiger charge is 2.45. The zero-order chi connectivity index (χ0) is 21.7. The average Bonchev–Trinajstić information content (AvgIpc) is 3.52. The van der Waals surface area contributed by atoms with Gasteiger partial charge in [0.2, 0.25) is 5.78 Å². The Balaban J connectivity index is 1.61. The van der Waals surface area contributed by atoms with Crippen LogP contribution in [0.3, 0.4) is 0 Å². The fraction of sp³-hybridized carbons (Fsp3) is 0.130. The number of hydrogen-bond acceptors (Lipinski definition) is 6. The first-order valence-electron chi connectivity index (χ1n) is 9.48. The van der Waals surface area contributed by atoms with Crippen LogP contribution in [-0.4, -0.2) is 21.7 Å². The number of benzene rings is 1. The summed E-state index contributed by atoms with van der Waals surface area (Å²) in [6, 6.07) is 11.7. The van der Waals surface area contributed by atoms with Crippen molar-refractivity contribution >= 4 is 49.9 Å². The Labute approximate surface area is 189 Å². The Morgan fingerprint density at radius 1 is 1.26 bits per heavy atom.